The molecule has 0 aromatic heterocycles. The van der Waals surface area contributed by atoms with E-state index in [4.69, 9.17) is 0 Å². The van der Waals surface area contributed by atoms with E-state index in [1.807, 2.05) is 0 Å². The first-order chi connectivity index (χ1) is 0. The third-order valence-corrected chi connectivity index (χ3v) is 0. The van der Waals surface area contributed by atoms with Crippen LogP contribution in [0.1, 0.15) is 0 Å². The molecule has 0 N–H and O–H groups in total. The largest absolute Gasteiger partial charge is 4.00 e. The molecule has 48 valence electrons. The Hall–Kier alpha value is 5.45. The zero-order valence-corrected chi connectivity index (χ0v) is 24.1. The van der Waals surface area contributed by atoms with E-state index in [-0.39, 0.29) is 178 Å². The maximum absolute atomic E-state index is 0. The van der Waals surface area contributed by atoms with E-state index in [0.29, 0.717) is 0 Å². The molecular formula is S3Se3Sn2Zn2. The third kappa shape index (κ3) is 70.2. The van der Waals surface area contributed by atoms with E-state index in [2.05, 4.69) is 0 Å². The molecule has 0 saturated heterocycles. The minimum absolute atomic E-state index is 0. The summed E-state index contributed by atoms with van der Waals surface area (Å²) in [6.45, 7) is 0. The normalized spacial score (nSPS) is 0. The molecule has 0 heterocycles. The number of hydrogen-bond donors (Lipinski definition) is 0. The van der Waals surface area contributed by atoms with Crippen molar-refractivity contribution < 1.29 is 39.0 Å². The monoisotopic (exact) mass is 703 g/mol. The second-order valence-electron chi connectivity index (χ2n) is 0. The van der Waals surface area contributed by atoms with E-state index in [9.17, 15) is 0 Å². The first-order valence-corrected chi connectivity index (χ1v) is 0. The summed E-state index contributed by atoms with van der Waals surface area (Å²) in [6.07, 6.45) is 0. The van der Waals surface area contributed by atoms with Gasteiger partial charge >= 0.3 is 86.8 Å². The van der Waals surface area contributed by atoms with E-state index >= 15 is 0 Å². The summed E-state index contributed by atoms with van der Waals surface area (Å²) in [5.41, 5.74) is 0. The second-order valence-corrected chi connectivity index (χ2v) is 0. The van der Waals surface area contributed by atoms with Crippen LogP contribution in [0.3, 0.4) is 0 Å². The summed E-state index contributed by atoms with van der Waals surface area (Å²) in [5.74, 6) is 0. The van der Waals surface area contributed by atoms with Gasteiger partial charge in [0.05, 0.1) is 0 Å². The molecule has 0 saturated carbocycles. The van der Waals surface area contributed by atoms with Crippen LogP contribution >= 0.6 is 0 Å². The summed E-state index contributed by atoms with van der Waals surface area (Å²) >= 11 is 0. The van der Waals surface area contributed by atoms with Gasteiger partial charge in [-0.1, -0.05) is 0 Å². The van der Waals surface area contributed by atoms with Crippen LogP contribution in [0.15, 0.2) is 0 Å². The molecule has 0 spiro atoms. The molecule has 0 radical (unpaired) electrons. The van der Waals surface area contributed by atoms with Gasteiger partial charge in [0.25, 0.3) is 0 Å². The molecule has 0 nitrogen and oxygen atoms in total. The van der Waals surface area contributed by atoms with Crippen molar-refractivity contribution in [3.05, 3.63) is 0 Å². The molecule has 0 aliphatic heterocycles. The van der Waals surface area contributed by atoms with Crippen molar-refractivity contribution in [3.8, 4) is 0 Å². The van der Waals surface area contributed by atoms with Crippen molar-refractivity contribution in [2.75, 3.05) is 0 Å². The van der Waals surface area contributed by atoms with Gasteiger partial charge in [-0.25, -0.2) is 0 Å². The van der Waals surface area contributed by atoms with E-state index in [1.165, 1.54) is 0 Å². The van der Waals surface area contributed by atoms with E-state index in [1.54, 1.807) is 0 Å². The van der Waals surface area contributed by atoms with Crippen molar-refractivity contribution in [2.45, 2.75) is 0 Å². The van der Waals surface area contributed by atoms with Crippen molar-refractivity contribution in [3.63, 3.8) is 0 Å². The summed E-state index contributed by atoms with van der Waals surface area (Å²) in [5, 5.41) is 0. The molecule has 0 aromatic rings. The Bertz CT molecular complexity index is 19.7. The van der Waals surface area contributed by atoms with Crippen LogP contribution < -0.4 is 0 Å². The second kappa shape index (κ2) is 88.0. The van der Waals surface area contributed by atoms with Crippen molar-refractivity contribution in [2.24, 2.45) is 0 Å². The molecule has 0 aliphatic carbocycles. The maximum Gasteiger partial charge on any atom is 4.00 e. The predicted molar refractivity (Wildman–Crippen MR) is 50.9 cm³/mol. The zero-order chi connectivity index (χ0) is 0. The Morgan fingerprint density at radius 3 is 0.400 bits per heavy atom. The quantitative estimate of drug-likeness (QED) is 0.259. The molecule has 10 heteroatoms. The van der Waals surface area contributed by atoms with E-state index < -0.39 is 0 Å². The van der Waals surface area contributed by atoms with Gasteiger partial charge in [-0.05, 0) is 0 Å². The topological polar surface area (TPSA) is 0 Å². The third-order valence-electron chi connectivity index (χ3n) is 0. The number of hydrogen-bond acceptors (Lipinski definition) is 0. The van der Waals surface area contributed by atoms with Crippen molar-refractivity contribution >= 4 is 140 Å². The average Bonchev–Trinajstić information content (AvgIpc) is 0. The van der Waals surface area contributed by atoms with E-state index in [0.717, 1.165) is 0 Å². The minimum Gasteiger partial charge on any atom is -2.00 e. The molecule has 0 rings (SSSR count). The van der Waals surface area contributed by atoms with Gasteiger partial charge in [0, 0.05) is 0 Å². The van der Waals surface area contributed by atoms with Gasteiger partial charge in [-0.15, -0.1) is 0 Å². The molecule has 0 bridgehead atoms. The van der Waals surface area contributed by atoms with Crippen LogP contribution in [0.5, 0.6) is 0 Å². The van der Waals surface area contributed by atoms with Crippen LogP contribution in [0.2, 0.25) is 0 Å². The van der Waals surface area contributed by atoms with Crippen LogP contribution in [-0.2, 0) is 79.4 Å². The minimum atomic E-state index is 0. The molecule has 0 fully saturated rings. The van der Waals surface area contributed by atoms with Gasteiger partial charge in [0.15, 0.2) is 0 Å². The van der Waals surface area contributed by atoms with Crippen LogP contribution in [0.25, 0.3) is 0 Å². The van der Waals surface area contributed by atoms with Gasteiger partial charge in [-0.2, -0.15) is 0 Å². The zero-order valence-electron chi connectivity index (χ0n) is 4.86. The van der Waals surface area contributed by atoms with Gasteiger partial charge < -0.3 is 91.7 Å². The van der Waals surface area contributed by atoms with Crippen LogP contribution in [0.4, 0.5) is 0 Å². The molecule has 0 atom stereocenters. The Labute approximate surface area is 175 Å². The summed E-state index contributed by atoms with van der Waals surface area (Å²) in [4.78, 5) is 0. The van der Waals surface area contributed by atoms with Crippen LogP contribution in [0, 0.1) is 0 Å². The van der Waals surface area contributed by atoms with Crippen molar-refractivity contribution in [1.29, 1.82) is 0 Å². The SMILES string of the molecule is [S-2].[S-2].[S-2].[Se-2].[Se-2].[Se-2].[Sn+4].[Sn+4].[Zn+2].[Zn+2]. The van der Waals surface area contributed by atoms with Gasteiger partial charge in [0.2, 0.25) is 0 Å². The molecule has 0 amide bonds. The summed E-state index contributed by atoms with van der Waals surface area (Å²) in [6, 6.07) is 0. The van der Waals surface area contributed by atoms with Gasteiger partial charge in [-0.3, -0.25) is 0 Å². The Kier molecular flexibility index (Phi) is 955. The molecule has 10 heavy (non-hydrogen) atoms. The Morgan fingerprint density at radius 1 is 0.400 bits per heavy atom. The molecular weight excluding hydrogens is 701 g/mol. The average molecular weight is 701 g/mol. The molecule has 0 aromatic carbocycles. The Morgan fingerprint density at radius 2 is 0.400 bits per heavy atom. The van der Waals surface area contributed by atoms with Crippen molar-refractivity contribution in [1.82, 2.24) is 0 Å². The fourth-order valence-electron chi connectivity index (χ4n) is 0. The standard InChI is InChI=1S/3S.3Se.2Sn.2Zn/q6*-2;2*+4;2*+2. The summed E-state index contributed by atoms with van der Waals surface area (Å²) < 4.78 is 0. The fourth-order valence-corrected chi connectivity index (χ4v) is 0. The number of rotatable bonds is 0. The fraction of sp³-hybridized carbons (Fsp3) is 0. The molecule has 0 aliphatic rings. The Balaban J connectivity index is 0. The molecule has 0 unspecified atom stereocenters. The first-order valence-electron chi connectivity index (χ1n) is 0. The maximum atomic E-state index is 0. The van der Waals surface area contributed by atoms with Gasteiger partial charge in [0.1, 0.15) is 0 Å². The smallest absolute Gasteiger partial charge is 2.00 e. The first kappa shape index (κ1) is 109. The predicted octanol–water partition coefficient (Wildman–Crippen LogP) is -1.92. The van der Waals surface area contributed by atoms with Crippen LogP contribution in [-0.4, -0.2) is 99.0 Å². The summed E-state index contributed by atoms with van der Waals surface area (Å²) in [7, 11) is 0.